The lowest BCUT2D eigenvalue weighted by Crippen LogP contribution is -2.26. The van der Waals surface area contributed by atoms with Gasteiger partial charge in [-0.15, -0.1) is 0 Å². The quantitative estimate of drug-likeness (QED) is 0.667. The van der Waals surface area contributed by atoms with Crippen LogP contribution in [0.5, 0.6) is 5.75 Å². The average Bonchev–Trinajstić information content (AvgIpc) is 2.24. The van der Waals surface area contributed by atoms with Crippen molar-refractivity contribution in [3.8, 4) is 5.75 Å². The Kier molecular flexibility index (Phi) is 5.81. The summed E-state index contributed by atoms with van der Waals surface area (Å²) in [6.07, 6.45) is 0.668. The maximum Gasteiger partial charge on any atom is 0.119 e. The SMILES string of the molecule is C[C@H](O)CNCCCOc1ccccc1. The Hall–Kier alpha value is -1.06. The van der Waals surface area contributed by atoms with E-state index in [0.717, 1.165) is 18.7 Å². The molecule has 1 rings (SSSR count). The first-order valence-corrected chi connectivity index (χ1v) is 5.35. The Morgan fingerprint density at radius 2 is 2.07 bits per heavy atom. The maximum absolute atomic E-state index is 8.99. The molecule has 0 unspecified atom stereocenters. The minimum atomic E-state index is -0.278. The van der Waals surface area contributed by atoms with Crippen molar-refractivity contribution in [1.29, 1.82) is 0 Å². The Bertz CT molecular complexity index is 249. The lowest BCUT2D eigenvalue weighted by molar-refractivity contribution is 0.190. The number of aliphatic hydroxyl groups is 1. The van der Waals surface area contributed by atoms with E-state index in [-0.39, 0.29) is 6.10 Å². The number of nitrogens with one attached hydrogen (secondary N) is 1. The third-order valence-corrected chi connectivity index (χ3v) is 1.95. The van der Waals surface area contributed by atoms with Gasteiger partial charge in [-0.3, -0.25) is 0 Å². The van der Waals surface area contributed by atoms with Crippen LogP contribution in [0.2, 0.25) is 0 Å². The van der Waals surface area contributed by atoms with Crippen LogP contribution in [-0.2, 0) is 0 Å². The molecule has 1 aromatic rings. The summed E-state index contributed by atoms with van der Waals surface area (Å²) in [6, 6.07) is 9.78. The van der Waals surface area contributed by atoms with Crippen molar-refractivity contribution in [3.63, 3.8) is 0 Å². The number of benzene rings is 1. The van der Waals surface area contributed by atoms with Crippen molar-refractivity contribution in [2.75, 3.05) is 19.7 Å². The molecular weight excluding hydrogens is 190 g/mol. The molecule has 0 radical (unpaired) electrons. The fourth-order valence-corrected chi connectivity index (χ4v) is 1.21. The predicted octanol–water partition coefficient (Wildman–Crippen LogP) is 1.43. The van der Waals surface area contributed by atoms with E-state index in [4.69, 9.17) is 9.84 Å². The first-order chi connectivity index (χ1) is 7.29. The number of aliphatic hydroxyl groups excluding tert-OH is 1. The van der Waals surface area contributed by atoms with Crippen LogP contribution in [0.3, 0.4) is 0 Å². The van der Waals surface area contributed by atoms with E-state index in [1.165, 1.54) is 0 Å². The standard InChI is InChI=1S/C12H19NO2/c1-11(14)10-13-8-5-9-15-12-6-3-2-4-7-12/h2-4,6-7,11,13-14H,5,8-10H2,1H3/t11-/m0/s1. The fourth-order valence-electron chi connectivity index (χ4n) is 1.21. The highest BCUT2D eigenvalue weighted by Crippen LogP contribution is 2.07. The van der Waals surface area contributed by atoms with E-state index in [1.54, 1.807) is 6.92 Å². The zero-order valence-electron chi connectivity index (χ0n) is 9.15. The molecule has 0 aliphatic carbocycles. The van der Waals surface area contributed by atoms with Gasteiger partial charge in [-0.25, -0.2) is 0 Å². The Morgan fingerprint density at radius 3 is 2.73 bits per heavy atom. The van der Waals surface area contributed by atoms with Crippen LogP contribution in [0.1, 0.15) is 13.3 Å². The molecule has 0 saturated carbocycles. The van der Waals surface area contributed by atoms with Gasteiger partial charge in [-0.1, -0.05) is 18.2 Å². The Morgan fingerprint density at radius 1 is 1.33 bits per heavy atom. The van der Waals surface area contributed by atoms with Crippen molar-refractivity contribution < 1.29 is 9.84 Å². The van der Waals surface area contributed by atoms with E-state index in [0.29, 0.717) is 13.2 Å². The molecular formula is C12H19NO2. The summed E-state index contributed by atoms with van der Waals surface area (Å²) < 4.78 is 5.51. The molecule has 15 heavy (non-hydrogen) atoms. The van der Waals surface area contributed by atoms with Gasteiger partial charge in [0.15, 0.2) is 0 Å². The first-order valence-electron chi connectivity index (χ1n) is 5.35. The largest absolute Gasteiger partial charge is 0.494 e. The van der Waals surface area contributed by atoms with Crippen LogP contribution in [0, 0.1) is 0 Å². The van der Waals surface area contributed by atoms with E-state index >= 15 is 0 Å². The minimum absolute atomic E-state index is 0.278. The summed E-state index contributed by atoms with van der Waals surface area (Å²) in [7, 11) is 0. The highest BCUT2D eigenvalue weighted by Gasteiger charge is 1.94. The number of rotatable bonds is 7. The number of ether oxygens (including phenoxy) is 1. The van der Waals surface area contributed by atoms with Gasteiger partial charge in [0.25, 0.3) is 0 Å². The topological polar surface area (TPSA) is 41.5 Å². The zero-order valence-corrected chi connectivity index (χ0v) is 9.15. The van der Waals surface area contributed by atoms with Crippen LogP contribution in [0.4, 0.5) is 0 Å². The van der Waals surface area contributed by atoms with Crippen molar-refractivity contribution in [2.45, 2.75) is 19.4 Å². The number of para-hydroxylation sites is 1. The normalized spacial score (nSPS) is 12.4. The van der Waals surface area contributed by atoms with Gasteiger partial charge in [0.05, 0.1) is 12.7 Å². The first kappa shape index (κ1) is 12.0. The molecule has 1 atom stereocenters. The lowest BCUT2D eigenvalue weighted by atomic mass is 10.3. The second-order valence-electron chi connectivity index (χ2n) is 3.57. The molecule has 1 aromatic carbocycles. The Labute approximate surface area is 91.1 Å². The van der Waals surface area contributed by atoms with E-state index in [2.05, 4.69) is 5.32 Å². The molecule has 0 aromatic heterocycles. The summed E-state index contributed by atoms with van der Waals surface area (Å²) in [5.41, 5.74) is 0. The van der Waals surface area contributed by atoms with Crippen molar-refractivity contribution in [2.24, 2.45) is 0 Å². The molecule has 2 N–H and O–H groups in total. The van der Waals surface area contributed by atoms with E-state index < -0.39 is 0 Å². The van der Waals surface area contributed by atoms with Crippen LogP contribution < -0.4 is 10.1 Å². The van der Waals surface area contributed by atoms with Gasteiger partial charge in [0, 0.05) is 6.54 Å². The van der Waals surface area contributed by atoms with Gasteiger partial charge in [-0.2, -0.15) is 0 Å². The van der Waals surface area contributed by atoms with E-state index in [1.807, 2.05) is 30.3 Å². The molecule has 0 bridgehead atoms. The smallest absolute Gasteiger partial charge is 0.119 e. The molecule has 0 aliphatic heterocycles. The zero-order chi connectivity index (χ0) is 10.9. The third kappa shape index (κ3) is 6.10. The minimum Gasteiger partial charge on any atom is -0.494 e. The molecule has 0 heterocycles. The second-order valence-corrected chi connectivity index (χ2v) is 3.57. The number of hydrogen-bond acceptors (Lipinski definition) is 3. The van der Waals surface area contributed by atoms with Crippen LogP contribution in [-0.4, -0.2) is 30.9 Å². The molecule has 0 saturated heterocycles. The van der Waals surface area contributed by atoms with Gasteiger partial charge in [-0.05, 0) is 32.0 Å². The fraction of sp³-hybridized carbons (Fsp3) is 0.500. The maximum atomic E-state index is 8.99. The third-order valence-electron chi connectivity index (χ3n) is 1.95. The van der Waals surface area contributed by atoms with Crippen molar-refractivity contribution in [3.05, 3.63) is 30.3 Å². The van der Waals surface area contributed by atoms with Crippen LogP contribution in [0.25, 0.3) is 0 Å². The molecule has 0 spiro atoms. The van der Waals surface area contributed by atoms with Crippen LogP contribution >= 0.6 is 0 Å². The van der Waals surface area contributed by atoms with Gasteiger partial charge in [0.1, 0.15) is 5.75 Å². The summed E-state index contributed by atoms with van der Waals surface area (Å²) >= 11 is 0. The second kappa shape index (κ2) is 7.26. The summed E-state index contributed by atoms with van der Waals surface area (Å²) in [4.78, 5) is 0. The molecule has 0 amide bonds. The monoisotopic (exact) mass is 209 g/mol. The highest BCUT2D eigenvalue weighted by molar-refractivity contribution is 5.20. The Balaban J connectivity index is 1.98. The van der Waals surface area contributed by atoms with Gasteiger partial charge in [0.2, 0.25) is 0 Å². The summed E-state index contributed by atoms with van der Waals surface area (Å²) in [6.45, 7) is 3.99. The molecule has 84 valence electrons. The van der Waals surface area contributed by atoms with Gasteiger partial charge < -0.3 is 15.2 Å². The molecule has 0 fully saturated rings. The lowest BCUT2D eigenvalue weighted by Gasteiger charge is -2.08. The van der Waals surface area contributed by atoms with Crippen molar-refractivity contribution in [1.82, 2.24) is 5.32 Å². The summed E-state index contributed by atoms with van der Waals surface area (Å²) in [5, 5.41) is 12.1. The molecule has 0 aliphatic rings. The molecule has 3 nitrogen and oxygen atoms in total. The molecule has 3 heteroatoms. The highest BCUT2D eigenvalue weighted by atomic mass is 16.5. The van der Waals surface area contributed by atoms with Gasteiger partial charge >= 0.3 is 0 Å². The average molecular weight is 209 g/mol. The van der Waals surface area contributed by atoms with E-state index in [9.17, 15) is 0 Å². The van der Waals surface area contributed by atoms with Crippen LogP contribution in [0.15, 0.2) is 30.3 Å². The van der Waals surface area contributed by atoms with Crippen molar-refractivity contribution >= 4 is 0 Å². The predicted molar refractivity (Wildman–Crippen MR) is 61.1 cm³/mol. The summed E-state index contributed by atoms with van der Waals surface area (Å²) in [5.74, 6) is 0.910. The number of hydrogen-bond donors (Lipinski definition) is 2.